The van der Waals surface area contributed by atoms with Crippen LogP contribution >= 0.6 is 0 Å². The van der Waals surface area contributed by atoms with Gasteiger partial charge in [0.25, 0.3) is 11.6 Å². The first kappa shape index (κ1) is 22.0. The lowest BCUT2D eigenvalue weighted by Gasteiger charge is -2.09. The number of carbonyl (C=O) groups is 1. The van der Waals surface area contributed by atoms with Crippen molar-refractivity contribution in [1.82, 2.24) is 5.32 Å². The first-order chi connectivity index (χ1) is 14.9. The van der Waals surface area contributed by atoms with Gasteiger partial charge in [0.15, 0.2) is 9.84 Å². The normalized spacial score (nSPS) is 11.0. The maximum atomic E-state index is 12.4. The number of amides is 1. The molecule has 0 saturated heterocycles. The van der Waals surface area contributed by atoms with E-state index in [0.29, 0.717) is 5.69 Å². The number of hydrogen-bond acceptors (Lipinski definition) is 6. The van der Waals surface area contributed by atoms with E-state index in [-0.39, 0.29) is 40.6 Å². The van der Waals surface area contributed by atoms with E-state index in [4.69, 9.17) is 0 Å². The molecule has 0 fully saturated rings. The predicted octanol–water partition coefficient (Wildman–Crippen LogP) is 3.93. The van der Waals surface area contributed by atoms with E-state index in [1.165, 1.54) is 30.3 Å². The minimum absolute atomic E-state index is 0.114. The third-order valence-electron chi connectivity index (χ3n) is 4.49. The Bertz CT molecular complexity index is 1170. The fraction of sp³-hybridized carbons (Fsp3) is 0.136. The van der Waals surface area contributed by atoms with Gasteiger partial charge in [-0.1, -0.05) is 36.4 Å². The number of para-hydroxylation sites is 1. The number of benzene rings is 3. The molecule has 0 aliphatic carbocycles. The summed E-state index contributed by atoms with van der Waals surface area (Å²) in [7, 11) is -3.43. The summed E-state index contributed by atoms with van der Waals surface area (Å²) in [6.07, 6.45) is 0.221. The molecule has 0 bridgehead atoms. The molecule has 31 heavy (non-hydrogen) atoms. The minimum atomic E-state index is -3.43. The van der Waals surface area contributed by atoms with Crippen LogP contribution in [0.2, 0.25) is 0 Å². The van der Waals surface area contributed by atoms with Crippen LogP contribution in [0.4, 0.5) is 17.1 Å². The summed E-state index contributed by atoms with van der Waals surface area (Å²) in [5, 5.41) is 17.0. The Morgan fingerprint density at radius 2 is 1.58 bits per heavy atom. The highest BCUT2D eigenvalue weighted by molar-refractivity contribution is 7.91. The van der Waals surface area contributed by atoms with Gasteiger partial charge in [0.2, 0.25) is 0 Å². The van der Waals surface area contributed by atoms with Gasteiger partial charge in [-0.05, 0) is 42.8 Å². The van der Waals surface area contributed by atoms with Gasteiger partial charge in [-0.15, -0.1) is 0 Å². The fourth-order valence-electron chi connectivity index (χ4n) is 2.92. The molecule has 0 saturated carbocycles. The van der Waals surface area contributed by atoms with E-state index >= 15 is 0 Å². The van der Waals surface area contributed by atoms with Gasteiger partial charge in [-0.25, -0.2) is 8.42 Å². The van der Waals surface area contributed by atoms with Gasteiger partial charge < -0.3 is 10.6 Å². The first-order valence-electron chi connectivity index (χ1n) is 9.53. The summed E-state index contributed by atoms with van der Waals surface area (Å²) in [4.78, 5) is 23.5. The van der Waals surface area contributed by atoms with Crippen LogP contribution < -0.4 is 10.6 Å². The molecule has 0 atom stereocenters. The molecule has 0 radical (unpaired) electrons. The molecule has 160 valence electrons. The zero-order valence-corrected chi connectivity index (χ0v) is 17.3. The summed E-state index contributed by atoms with van der Waals surface area (Å²) in [5.41, 5.74) is 0.837. The Labute approximate surface area is 180 Å². The average Bonchev–Trinajstić information content (AvgIpc) is 2.78. The lowest BCUT2D eigenvalue weighted by Crippen LogP contribution is -2.26. The highest BCUT2D eigenvalue weighted by atomic mass is 32.2. The minimum Gasteiger partial charge on any atom is -0.352 e. The molecule has 0 aromatic heterocycles. The molecule has 0 aliphatic rings. The summed E-state index contributed by atoms with van der Waals surface area (Å²) in [5.74, 6) is -0.622. The Morgan fingerprint density at radius 1 is 0.935 bits per heavy atom. The van der Waals surface area contributed by atoms with Crippen LogP contribution in [0.5, 0.6) is 0 Å². The van der Waals surface area contributed by atoms with E-state index in [9.17, 15) is 23.3 Å². The maximum absolute atomic E-state index is 12.4. The topological polar surface area (TPSA) is 118 Å². The lowest BCUT2D eigenvalue weighted by molar-refractivity contribution is -0.383. The first-order valence-corrected chi connectivity index (χ1v) is 11.2. The zero-order valence-electron chi connectivity index (χ0n) is 16.5. The number of carbonyl (C=O) groups excluding carboxylic acids is 1. The molecule has 2 N–H and O–H groups in total. The van der Waals surface area contributed by atoms with Gasteiger partial charge in [0, 0.05) is 23.9 Å². The molecule has 0 spiro atoms. The molecule has 0 aliphatic heterocycles. The molecular formula is C22H21N3O5S. The van der Waals surface area contributed by atoms with Gasteiger partial charge in [0.1, 0.15) is 5.69 Å². The van der Waals surface area contributed by atoms with Crippen molar-refractivity contribution in [1.29, 1.82) is 0 Å². The number of nitro groups is 1. The predicted molar refractivity (Wildman–Crippen MR) is 118 cm³/mol. The van der Waals surface area contributed by atoms with Crippen molar-refractivity contribution >= 4 is 32.8 Å². The van der Waals surface area contributed by atoms with Crippen molar-refractivity contribution in [2.75, 3.05) is 17.6 Å². The van der Waals surface area contributed by atoms with Crippen LogP contribution in [0, 0.1) is 10.1 Å². The number of hydrogen-bond donors (Lipinski definition) is 2. The molecule has 8 nitrogen and oxygen atoms in total. The summed E-state index contributed by atoms with van der Waals surface area (Å²) < 4.78 is 24.5. The number of sulfone groups is 1. The van der Waals surface area contributed by atoms with E-state index < -0.39 is 20.7 Å². The number of nitrogens with one attached hydrogen (secondary N) is 2. The Kier molecular flexibility index (Phi) is 6.99. The monoisotopic (exact) mass is 439 g/mol. The molecule has 0 heterocycles. The van der Waals surface area contributed by atoms with Gasteiger partial charge in [-0.2, -0.15) is 0 Å². The van der Waals surface area contributed by atoms with E-state index in [2.05, 4.69) is 10.6 Å². The average molecular weight is 439 g/mol. The van der Waals surface area contributed by atoms with Crippen molar-refractivity contribution in [3.8, 4) is 0 Å². The van der Waals surface area contributed by atoms with E-state index in [1.807, 2.05) is 6.07 Å². The van der Waals surface area contributed by atoms with E-state index in [0.717, 1.165) is 0 Å². The van der Waals surface area contributed by atoms with Crippen LogP contribution in [-0.4, -0.2) is 31.5 Å². The number of rotatable bonds is 9. The molecule has 3 aromatic rings. The molecule has 3 aromatic carbocycles. The van der Waals surface area contributed by atoms with Crippen molar-refractivity contribution in [2.24, 2.45) is 0 Å². The summed E-state index contributed by atoms with van der Waals surface area (Å²) in [6.45, 7) is 0.128. The lowest BCUT2D eigenvalue weighted by atomic mass is 10.1. The van der Waals surface area contributed by atoms with Gasteiger partial charge in [0.05, 0.1) is 15.6 Å². The summed E-state index contributed by atoms with van der Waals surface area (Å²) in [6, 6.07) is 21.2. The zero-order chi connectivity index (χ0) is 22.3. The Balaban J connectivity index is 1.61. The molecule has 0 unspecified atom stereocenters. The quantitative estimate of drug-likeness (QED) is 0.296. The fourth-order valence-corrected chi connectivity index (χ4v) is 4.25. The summed E-state index contributed by atoms with van der Waals surface area (Å²) >= 11 is 0. The van der Waals surface area contributed by atoms with Crippen LogP contribution in [-0.2, 0) is 9.84 Å². The third kappa shape index (κ3) is 5.89. The highest BCUT2D eigenvalue weighted by Gasteiger charge is 2.18. The second-order valence-electron chi connectivity index (χ2n) is 6.72. The standard InChI is InChI=1S/C22H21N3O5S/c26-22(23-14-7-15-31(29,30)19-10-5-2-6-11-19)17-12-13-20(21(16-17)25(27)28)24-18-8-3-1-4-9-18/h1-6,8-13,16,24H,7,14-15H2,(H,23,26). The van der Waals surface area contributed by atoms with E-state index in [1.54, 1.807) is 42.5 Å². The Hall–Kier alpha value is -3.72. The van der Waals surface area contributed by atoms with Crippen LogP contribution in [0.1, 0.15) is 16.8 Å². The van der Waals surface area contributed by atoms with Crippen LogP contribution in [0.15, 0.2) is 83.8 Å². The smallest absolute Gasteiger partial charge is 0.293 e. The Morgan fingerprint density at radius 3 is 2.23 bits per heavy atom. The SMILES string of the molecule is O=C(NCCCS(=O)(=O)c1ccccc1)c1ccc(Nc2ccccc2)c([N+](=O)[O-])c1. The number of nitro benzene ring substituents is 1. The van der Waals surface area contributed by atoms with Gasteiger partial charge >= 0.3 is 0 Å². The van der Waals surface area contributed by atoms with Crippen molar-refractivity contribution in [3.05, 3.63) is 94.5 Å². The number of nitrogens with zero attached hydrogens (tertiary/aromatic N) is 1. The van der Waals surface area contributed by atoms with Crippen LogP contribution in [0.25, 0.3) is 0 Å². The van der Waals surface area contributed by atoms with Crippen LogP contribution in [0.3, 0.4) is 0 Å². The largest absolute Gasteiger partial charge is 0.352 e. The van der Waals surface area contributed by atoms with Crippen molar-refractivity contribution < 1.29 is 18.1 Å². The van der Waals surface area contributed by atoms with Crippen molar-refractivity contribution in [2.45, 2.75) is 11.3 Å². The second-order valence-corrected chi connectivity index (χ2v) is 8.83. The maximum Gasteiger partial charge on any atom is 0.293 e. The molecule has 1 amide bonds. The number of anilines is 2. The van der Waals surface area contributed by atoms with Gasteiger partial charge in [-0.3, -0.25) is 14.9 Å². The molecule has 9 heteroatoms. The third-order valence-corrected chi connectivity index (χ3v) is 6.30. The highest BCUT2D eigenvalue weighted by Crippen LogP contribution is 2.28. The van der Waals surface area contributed by atoms with Crippen molar-refractivity contribution in [3.63, 3.8) is 0 Å². The second kappa shape index (κ2) is 9.86. The molecule has 3 rings (SSSR count). The molecular weight excluding hydrogens is 418 g/mol.